The second kappa shape index (κ2) is 4.99. The summed E-state index contributed by atoms with van der Waals surface area (Å²) >= 11 is 0. The fourth-order valence-electron chi connectivity index (χ4n) is 1.25. The summed E-state index contributed by atoms with van der Waals surface area (Å²) in [6, 6.07) is 2.29. The molecule has 7 nitrogen and oxygen atoms in total. The van der Waals surface area contributed by atoms with Gasteiger partial charge in [0.1, 0.15) is 5.56 Å². The summed E-state index contributed by atoms with van der Waals surface area (Å²) in [5, 5.41) is 12.1. The third-order valence-corrected chi connectivity index (χ3v) is 1.96. The molecule has 0 spiro atoms. The third kappa shape index (κ3) is 2.61. The summed E-state index contributed by atoms with van der Waals surface area (Å²) in [6.07, 6.45) is 1.46. The fourth-order valence-corrected chi connectivity index (χ4v) is 1.25. The molecule has 1 rings (SSSR count). The molecule has 0 radical (unpaired) electrons. The lowest BCUT2D eigenvalue weighted by atomic mass is 10.2. The first-order chi connectivity index (χ1) is 7.56. The van der Waals surface area contributed by atoms with Crippen LogP contribution in [0.1, 0.15) is 17.3 Å². The first-order valence-electron chi connectivity index (χ1n) is 4.53. The van der Waals surface area contributed by atoms with Gasteiger partial charge in [-0.15, -0.1) is 0 Å². The first-order valence-corrected chi connectivity index (χ1v) is 4.53. The van der Waals surface area contributed by atoms with E-state index in [0.29, 0.717) is 0 Å². The Labute approximate surface area is 90.6 Å². The zero-order chi connectivity index (χ0) is 12.1. The molecule has 0 aliphatic heterocycles. The maximum atomic E-state index is 11.6. The molecule has 0 unspecified atom stereocenters. The van der Waals surface area contributed by atoms with Crippen LogP contribution in [0.15, 0.2) is 28.2 Å². The zero-order valence-corrected chi connectivity index (χ0v) is 8.57. The van der Waals surface area contributed by atoms with Crippen molar-refractivity contribution in [1.29, 1.82) is 0 Å². The molecule has 84 valence electrons. The van der Waals surface area contributed by atoms with Crippen molar-refractivity contribution in [2.45, 2.75) is 19.5 Å². The van der Waals surface area contributed by atoms with E-state index in [9.17, 15) is 9.59 Å². The van der Waals surface area contributed by atoms with Crippen LogP contribution in [-0.2, 0) is 6.54 Å². The van der Waals surface area contributed by atoms with E-state index < -0.39 is 17.6 Å². The highest BCUT2D eigenvalue weighted by Crippen LogP contribution is 1.97. The Kier molecular flexibility index (Phi) is 3.68. The van der Waals surface area contributed by atoms with Gasteiger partial charge in [-0.05, 0) is 17.7 Å². The number of pyridine rings is 1. The van der Waals surface area contributed by atoms with Crippen molar-refractivity contribution in [1.82, 2.24) is 4.57 Å². The van der Waals surface area contributed by atoms with Crippen molar-refractivity contribution >= 4 is 5.97 Å². The van der Waals surface area contributed by atoms with Gasteiger partial charge in [-0.25, -0.2) is 4.79 Å². The lowest BCUT2D eigenvalue weighted by Gasteiger charge is -2.08. The van der Waals surface area contributed by atoms with Gasteiger partial charge in [-0.1, -0.05) is 12.0 Å². The van der Waals surface area contributed by atoms with Gasteiger partial charge in [-0.2, -0.15) is 0 Å². The van der Waals surface area contributed by atoms with Crippen LogP contribution in [0.3, 0.4) is 0 Å². The van der Waals surface area contributed by atoms with Crippen molar-refractivity contribution in [3.8, 4) is 0 Å². The molecule has 1 aromatic heterocycles. The molecule has 0 bridgehead atoms. The topological polar surface area (TPSA) is 108 Å². The molecule has 0 aliphatic carbocycles. The highest BCUT2D eigenvalue weighted by atomic mass is 16.4. The second-order valence-electron chi connectivity index (χ2n) is 3.24. The molecular formula is C9H10N4O3. The number of aromatic carboxylic acids is 1. The summed E-state index contributed by atoms with van der Waals surface area (Å²) in [4.78, 5) is 24.9. The van der Waals surface area contributed by atoms with Crippen LogP contribution in [0, 0.1) is 0 Å². The third-order valence-electron chi connectivity index (χ3n) is 1.96. The molecule has 1 heterocycles. The van der Waals surface area contributed by atoms with E-state index in [1.54, 1.807) is 6.92 Å². The summed E-state index contributed by atoms with van der Waals surface area (Å²) < 4.78 is 1.21. The lowest BCUT2D eigenvalue weighted by Crippen LogP contribution is -2.28. The van der Waals surface area contributed by atoms with Gasteiger partial charge in [0.05, 0.1) is 6.04 Å². The van der Waals surface area contributed by atoms with Crippen molar-refractivity contribution < 1.29 is 9.90 Å². The largest absolute Gasteiger partial charge is 0.477 e. The van der Waals surface area contributed by atoms with Crippen LogP contribution in [-0.4, -0.2) is 21.7 Å². The molecule has 0 saturated heterocycles. The van der Waals surface area contributed by atoms with E-state index in [4.69, 9.17) is 10.6 Å². The number of hydrogen-bond donors (Lipinski definition) is 1. The number of carbonyl (C=O) groups is 1. The van der Waals surface area contributed by atoms with Crippen molar-refractivity contribution in [2.75, 3.05) is 0 Å². The van der Waals surface area contributed by atoms with Crippen LogP contribution >= 0.6 is 0 Å². The van der Waals surface area contributed by atoms with Crippen LogP contribution < -0.4 is 5.56 Å². The average molecular weight is 222 g/mol. The molecule has 1 aromatic rings. The highest BCUT2D eigenvalue weighted by molar-refractivity contribution is 5.86. The van der Waals surface area contributed by atoms with Gasteiger partial charge in [0, 0.05) is 17.7 Å². The van der Waals surface area contributed by atoms with Crippen LogP contribution in [0.5, 0.6) is 0 Å². The number of hydrogen-bond acceptors (Lipinski definition) is 3. The number of nitrogens with zero attached hydrogens (tertiary/aromatic N) is 4. The van der Waals surface area contributed by atoms with E-state index in [0.717, 1.165) is 0 Å². The number of carboxylic acid groups (broad SMARTS) is 1. The van der Waals surface area contributed by atoms with E-state index in [1.807, 2.05) is 0 Å². The molecule has 0 aromatic carbocycles. The normalized spacial score (nSPS) is 11.6. The van der Waals surface area contributed by atoms with E-state index in [1.165, 1.54) is 22.9 Å². The Morgan fingerprint density at radius 3 is 3.00 bits per heavy atom. The smallest absolute Gasteiger partial charge is 0.341 e. The van der Waals surface area contributed by atoms with Gasteiger partial charge in [0.25, 0.3) is 5.56 Å². The van der Waals surface area contributed by atoms with Gasteiger partial charge in [0.2, 0.25) is 0 Å². The van der Waals surface area contributed by atoms with Crippen LogP contribution in [0.2, 0.25) is 0 Å². The van der Waals surface area contributed by atoms with Crippen molar-refractivity contribution in [3.63, 3.8) is 0 Å². The molecule has 0 aliphatic rings. The van der Waals surface area contributed by atoms with Gasteiger partial charge in [0.15, 0.2) is 0 Å². The lowest BCUT2D eigenvalue weighted by molar-refractivity contribution is 0.0694. The first kappa shape index (κ1) is 11.8. The van der Waals surface area contributed by atoms with Crippen LogP contribution in [0.25, 0.3) is 10.4 Å². The van der Waals surface area contributed by atoms with Gasteiger partial charge < -0.3 is 9.67 Å². The second-order valence-corrected chi connectivity index (χ2v) is 3.24. The fraction of sp³-hybridized carbons (Fsp3) is 0.333. The Bertz CT molecular complexity index is 502. The van der Waals surface area contributed by atoms with E-state index in [2.05, 4.69) is 10.0 Å². The summed E-state index contributed by atoms with van der Waals surface area (Å²) in [5.74, 6) is -1.27. The Balaban J connectivity index is 3.07. The number of aromatic nitrogens is 1. The minimum absolute atomic E-state index is 0.157. The maximum Gasteiger partial charge on any atom is 0.341 e. The van der Waals surface area contributed by atoms with Crippen molar-refractivity contribution in [2.24, 2.45) is 5.11 Å². The number of rotatable bonds is 4. The molecule has 0 fully saturated rings. The van der Waals surface area contributed by atoms with Gasteiger partial charge in [-0.3, -0.25) is 4.79 Å². The zero-order valence-electron chi connectivity index (χ0n) is 8.57. The summed E-state index contributed by atoms with van der Waals surface area (Å²) in [5.41, 5.74) is 7.31. The minimum Gasteiger partial charge on any atom is -0.477 e. The Morgan fingerprint density at radius 2 is 2.44 bits per heavy atom. The number of carboxylic acids is 1. The maximum absolute atomic E-state index is 11.6. The highest BCUT2D eigenvalue weighted by Gasteiger charge is 2.11. The minimum atomic E-state index is -1.27. The van der Waals surface area contributed by atoms with Gasteiger partial charge >= 0.3 is 5.97 Å². The van der Waals surface area contributed by atoms with Crippen molar-refractivity contribution in [3.05, 3.63) is 44.7 Å². The predicted octanol–water partition coefficient (Wildman–Crippen LogP) is 1.25. The summed E-state index contributed by atoms with van der Waals surface area (Å²) in [6.45, 7) is 1.80. The SMILES string of the molecule is C[C@@H](Cn1cccc(C(=O)O)c1=O)N=[N+]=[N-]. The number of azide groups is 1. The Hall–Kier alpha value is -2.27. The Morgan fingerprint density at radius 1 is 1.75 bits per heavy atom. The molecule has 1 atom stereocenters. The molecular weight excluding hydrogens is 212 g/mol. The molecule has 0 amide bonds. The average Bonchev–Trinajstić information content (AvgIpc) is 2.21. The molecule has 16 heavy (non-hydrogen) atoms. The summed E-state index contributed by atoms with van der Waals surface area (Å²) in [7, 11) is 0. The predicted molar refractivity (Wildman–Crippen MR) is 56.3 cm³/mol. The molecule has 1 N–H and O–H groups in total. The van der Waals surface area contributed by atoms with E-state index in [-0.39, 0.29) is 12.1 Å². The molecule has 7 heteroatoms. The quantitative estimate of drug-likeness (QED) is 0.470. The molecule has 0 saturated carbocycles. The van der Waals surface area contributed by atoms with E-state index >= 15 is 0 Å². The monoisotopic (exact) mass is 222 g/mol. The standard InChI is InChI=1S/C9H10N4O3/c1-6(11-12-10)5-13-4-2-3-7(8(13)14)9(15)16/h2-4,6H,5H2,1H3,(H,15,16)/t6-/m0/s1. The van der Waals surface area contributed by atoms with Crippen LogP contribution in [0.4, 0.5) is 0 Å².